The van der Waals surface area contributed by atoms with Crippen LogP contribution in [0.4, 0.5) is 0 Å². The molecule has 2 aromatic rings. The Balaban J connectivity index is 1.68. The Kier molecular flexibility index (Phi) is 6.72. The molecular formula is C16H14Cl2N2O4. The Morgan fingerprint density at radius 1 is 0.875 bits per heavy atom. The molecule has 24 heavy (non-hydrogen) atoms. The third-order valence-corrected chi connectivity index (χ3v) is 3.24. The number of benzene rings is 2. The molecule has 0 bridgehead atoms. The molecule has 0 atom stereocenters. The van der Waals surface area contributed by atoms with Gasteiger partial charge in [0.1, 0.15) is 11.5 Å². The summed E-state index contributed by atoms with van der Waals surface area (Å²) in [7, 11) is 0. The highest BCUT2D eigenvalue weighted by atomic mass is 35.5. The van der Waals surface area contributed by atoms with E-state index in [1.807, 2.05) is 6.07 Å². The van der Waals surface area contributed by atoms with Gasteiger partial charge in [-0.1, -0.05) is 41.4 Å². The fourth-order valence-electron chi connectivity index (χ4n) is 1.61. The summed E-state index contributed by atoms with van der Waals surface area (Å²) in [5.41, 5.74) is 4.42. The highest BCUT2D eigenvalue weighted by Gasteiger charge is 2.08. The Morgan fingerprint density at radius 3 is 2.12 bits per heavy atom. The topological polar surface area (TPSA) is 76.7 Å². The maximum atomic E-state index is 11.6. The van der Waals surface area contributed by atoms with E-state index in [1.165, 1.54) is 6.07 Å². The number of carbonyl (C=O) groups is 2. The first-order valence-electron chi connectivity index (χ1n) is 6.88. The monoisotopic (exact) mass is 368 g/mol. The summed E-state index contributed by atoms with van der Waals surface area (Å²) in [6, 6.07) is 13.5. The number of hydrazine groups is 1. The van der Waals surface area contributed by atoms with Crippen molar-refractivity contribution in [2.24, 2.45) is 0 Å². The molecule has 0 heterocycles. The number of ether oxygens (including phenoxy) is 2. The molecular weight excluding hydrogens is 355 g/mol. The molecule has 0 aliphatic rings. The van der Waals surface area contributed by atoms with Gasteiger partial charge in [0.05, 0.1) is 5.02 Å². The highest BCUT2D eigenvalue weighted by Crippen LogP contribution is 2.27. The van der Waals surface area contributed by atoms with Crippen LogP contribution >= 0.6 is 23.2 Å². The molecule has 0 radical (unpaired) electrons. The Morgan fingerprint density at radius 2 is 1.50 bits per heavy atom. The van der Waals surface area contributed by atoms with E-state index >= 15 is 0 Å². The predicted octanol–water partition coefficient (Wildman–Crippen LogP) is 2.60. The van der Waals surface area contributed by atoms with Crippen molar-refractivity contribution in [1.82, 2.24) is 10.9 Å². The minimum atomic E-state index is -0.547. The third-order valence-electron chi connectivity index (χ3n) is 2.71. The largest absolute Gasteiger partial charge is 0.484 e. The number of amides is 2. The molecule has 2 rings (SSSR count). The molecule has 0 fully saturated rings. The molecule has 2 aromatic carbocycles. The molecule has 0 saturated heterocycles. The number of halogens is 2. The van der Waals surface area contributed by atoms with Crippen LogP contribution in [0.2, 0.25) is 10.0 Å². The number of rotatable bonds is 6. The van der Waals surface area contributed by atoms with E-state index in [1.54, 1.807) is 36.4 Å². The molecule has 2 amide bonds. The van der Waals surface area contributed by atoms with Crippen molar-refractivity contribution in [2.45, 2.75) is 0 Å². The van der Waals surface area contributed by atoms with Gasteiger partial charge in [0.25, 0.3) is 11.8 Å². The van der Waals surface area contributed by atoms with Crippen LogP contribution in [0.15, 0.2) is 48.5 Å². The van der Waals surface area contributed by atoms with Gasteiger partial charge in [0.2, 0.25) is 0 Å². The zero-order chi connectivity index (χ0) is 17.4. The number of hydrogen-bond donors (Lipinski definition) is 2. The van der Waals surface area contributed by atoms with E-state index < -0.39 is 11.8 Å². The van der Waals surface area contributed by atoms with Gasteiger partial charge in [-0.15, -0.1) is 0 Å². The van der Waals surface area contributed by atoms with E-state index in [9.17, 15) is 9.59 Å². The summed E-state index contributed by atoms with van der Waals surface area (Å²) in [5, 5.41) is 0.748. The first-order valence-corrected chi connectivity index (χ1v) is 7.63. The first-order chi connectivity index (χ1) is 11.5. The molecule has 0 aliphatic carbocycles. The summed E-state index contributed by atoms with van der Waals surface area (Å²) in [6.07, 6.45) is 0. The highest BCUT2D eigenvalue weighted by molar-refractivity contribution is 6.35. The first kappa shape index (κ1) is 17.9. The molecule has 126 valence electrons. The van der Waals surface area contributed by atoms with Crippen LogP contribution in [0.25, 0.3) is 0 Å². The maximum absolute atomic E-state index is 11.6. The van der Waals surface area contributed by atoms with Gasteiger partial charge in [-0.2, -0.15) is 0 Å². The molecule has 8 heteroatoms. The van der Waals surface area contributed by atoms with Crippen LogP contribution < -0.4 is 20.3 Å². The lowest BCUT2D eigenvalue weighted by Crippen LogP contribution is -2.45. The van der Waals surface area contributed by atoms with Crippen molar-refractivity contribution < 1.29 is 19.1 Å². The van der Waals surface area contributed by atoms with E-state index in [4.69, 9.17) is 32.7 Å². The molecule has 2 N–H and O–H groups in total. The van der Waals surface area contributed by atoms with Crippen molar-refractivity contribution in [2.75, 3.05) is 13.2 Å². The average molecular weight is 369 g/mol. The minimum absolute atomic E-state index is 0.228. The zero-order valence-corrected chi connectivity index (χ0v) is 13.9. The molecule has 0 unspecified atom stereocenters. The summed E-state index contributed by atoms with van der Waals surface area (Å²) < 4.78 is 10.5. The van der Waals surface area contributed by atoms with Crippen LogP contribution in [0.1, 0.15) is 0 Å². The zero-order valence-electron chi connectivity index (χ0n) is 12.4. The van der Waals surface area contributed by atoms with Crippen LogP contribution in [0, 0.1) is 0 Å². The third kappa shape index (κ3) is 5.98. The van der Waals surface area contributed by atoms with Crippen LogP contribution in [-0.4, -0.2) is 25.0 Å². The van der Waals surface area contributed by atoms with Gasteiger partial charge >= 0.3 is 0 Å². The predicted molar refractivity (Wildman–Crippen MR) is 90.2 cm³/mol. The molecule has 0 aromatic heterocycles. The lowest BCUT2D eigenvalue weighted by atomic mass is 10.3. The van der Waals surface area contributed by atoms with Crippen molar-refractivity contribution in [3.63, 3.8) is 0 Å². The summed E-state index contributed by atoms with van der Waals surface area (Å²) in [5.74, 6) is -0.180. The second-order valence-corrected chi connectivity index (χ2v) is 5.41. The number of para-hydroxylation sites is 1. The summed E-state index contributed by atoms with van der Waals surface area (Å²) >= 11 is 11.7. The summed E-state index contributed by atoms with van der Waals surface area (Å²) in [6.45, 7) is -0.546. The summed E-state index contributed by atoms with van der Waals surface area (Å²) in [4.78, 5) is 23.2. The van der Waals surface area contributed by atoms with Crippen LogP contribution in [0.5, 0.6) is 11.5 Å². The lowest BCUT2D eigenvalue weighted by molar-refractivity contribution is -0.131. The van der Waals surface area contributed by atoms with Crippen molar-refractivity contribution in [3.8, 4) is 11.5 Å². The maximum Gasteiger partial charge on any atom is 0.276 e. The van der Waals surface area contributed by atoms with E-state index in [-0.39, 0.29) is 18.2 Å². The van der Waals surface area contributed by atoms with Gasteiger partial charge < -0.3 is 9.47 Å². The smallest absolute Gasteiger partial charge is 0.276 e. The Labute approximate surface area is 148 Å². The molecule has 0 saturated carbocycles. The Bertz CT molecular complexity index is 710. The second kappa shape index (κ2) is 9.00. The van der Waals surface area contributed by atoms with Crippen molar-refractivity contribution in [3.05, 3.63) is 58.6 Å². The lowest BCUT2D eigenvalue weighted by Gasteiger charge is -2.10. The van der Waals surface area contributed by atoms with E-state index in [0.29, 0.717) is 16.5 Å². The molecule has 6 nitrogen and oxygen atoms in total. The van der Waals surface area contributed by atoms with E-state index in [2.05, 4.69) is 10.9 Å². The van der Waals surface area contributed by atoms with Crippen LogP contribution in [-0.2, 0) is 9.59 Å². The van der Waals surface area contributed by atoms with Gasteiger partial charge in [-0.25, -0.2) is 0 Å². The Hall–Kier alpha value is -2.44. The van der Waals surface area contributed by atoms with E-state index in [0.717, 1.165) is 0 Å². The second-order valence-electron chi connectivity index (χ2n) is 4.56. The molecule has 0 aliphatic heterocycles. The van der Waals surface area contributed by atoms with Crippen molar-refractivity contribution in [1.29, 1.82) is 0 Å². The fraction of sp³-hybridized carbons (Fsp3) is 0.125. The van der Waals surface area contributed by atoms with Gasteiger partial charge in [-0.05, 0) is 30.3 Å². The van der Waals surface area contributed by atoms with Gasteiger partial charge in [0, 0.05) is 5.02 Å². The standard InChI is InChI=1S/C16H14Cl2N2O4/c17-11-6-7-14(13(18)8-11)24-10-16(22)20-19-15(21)9-23-12-4-2-1-3-5-12/h1-8H,9-10H2,(H,19,21)(H,20,22). The molecule has 0 spiro atoms. The number of carbonyl (C=O) groups excluding carboxylic acids is 2. The normalized spacial score (nSPS) is 9.92. The number of hydrogen-bond acceptors (Lipinski definition) is 4. The van der Waals surface area contributed by atoms with Gasteiger partial charge in [0.15, 0.2) is 13.2 Å². The minimum Gasteiger partial charge on any atom is -0.484 e. The number of nitrogens with one attached hydrogen (secondary N) is 2. The van der Waals surface area contributed by atoms with Gasteiger partial charge in [-0.3, -0.25) is 20.4 Å². The SMILES string of the molecule is O=C(COc1ccccc1)NNC(=O)COc1ccc(Cl)cc1Cl. The van der Waals surface area contributed by atoms with Crippen molar-refractivity contribution >= 4 is 35.0 Å². The van der Waals surface area contributed by atoms with Crippen LogP contribution in [0.3, 0.4) is 0 Å². The average Bonchev–Trinajstić information content (AvgIpc) is 2.58. The fourth-order valence-corrected chi connectivity index (χ4v) is 2.08. The quantitative estimate of drug-likeness (QED) is 0.768.